The Morgan fingerprint density at radius 3 is 2.42 bits per heavy atom. The van der Waals surface area contributed by atoms with E-state index < -0.39 is 6.10 Å². The van der Waals surface area contributed by atoms with Crippen LogP contribution < -0.4 is 9.47 Å². The SMILES string of the molecule is Cc1ccc(OCC(O)CN(C)Cc2ccc(OCCO)cc2)c(C)c1. The number of rotatable bonds is 10. The van der Waals surface area contributed by atoms with E-state index in [-0.39, 0.29) is 13.2 Å². The number of aliphatic hydroxyl groups excluding tert-OH is 2. The van der Waals surface area contributed by atoms with Gasteiger partial charge in [0, 0.05) is 13.1 Å². The number of aliphatic hydroxyl groups is 2. The molecular weight excluding hydrogens is 330 g/mol. The lowest BCUT2D eigenvalue weighted by Crippen LogP contribution is -2.32. The predicted molar refractivity (Wildman–Crippen MR) is 103 cm³/mol. The van der Waals surface area contributed by atoms with E-state index in [2.05, 4.69) is 11.0 Å². The van der Waals surface area contributed by atoms with Gasteiger partial charge in [0.2, 0.25) is 0 Å². The molecule has 2 N–H and O–H groups in total. The molecule has 0 heterocycles. The molecule has 0 saturated heterocycles. The summed E-state index contributed by atoms with van der Waals surface area (Å²) < 4.78 is 11.1. The van der Waals surface area contributed by atoms with Gasteiger partial charge in [0.1, 0.15) is 30.8 Å². The third-order valence-electron chi connectivity index (χ3n) is 4.02. The number of benzene rings is 2. The van der Waals surface area contributed by atoms with E-state index in [0.717, 1.165) is 29.2 Å². The lowest BCUT2D eigenvalue weighted by atomic mass is 10.1. The highest BCUT2D eigenvalue weighted by molar-refractivity contribution is 5.35. The molecule has 0 aliphatic heterocycles. The van der Waals surface area contributed by atoms with Crippen molar-refractivity contribution in [1.29, 1.82) is 0 Å². The second-order valence-electron chi connectivity index (χ2n) is 6.65. The molecule has 1 atom stereocenters. The first-order chi connectivity index (χ1) is 12.5. The molecule has 1 unspecified atom stereocenters. The van der Waals surface area contributed by atoms with Crippen molar-refractivity contribution in [2.24, 2.45) is 0 Å². The van der Waals surface area contributed by atoms with E-state index in [1.54, 1.807) is 0 Å². The summed E-state index contributed by atoms with van der Waals surface area (Å²) in [6.45, 7) is 5.87. The minimum absolute atomic E-state index is 0.00651. The molecule has 142 valence electrons. The summed E-state index contributed by atoms with van der Waals surface area (Å²) in [5, 5.41) is 19.0. The Balaban J connectivity index is 1.76. The van der Waals surface area contributed by atoms with Crippen molar-refractivity contribution in [3.8, 4) is 11.5 Å². The van der Waals surface area contributed by atoms with Crippen LogP contribution in [-0.4, -0.2) is 54.6 Å². The average molecular weight is 359 g/mol. The highest BCUT2D eigenvalue weighted by Gasteiger charge is 2.11. The molecule has 0 bridgehead atoms. The molecule has 2 aromatic carbocycles. The smallest absolute Gasteiger partial charge is 0.122 e. The lowest BCUT2D eigenvalue weighted by Gasteiger charge is -2.21. The molecule has 0 radical (unpaired) electrons. The monoisotopic (exact) mass is 359 g/mol. The molecule has 2 aromatic rings. The van der Waals surface area contributed by atoms with Crippen molar-refractivity contribution in [2.45, 2.75) is 26.5 Å². The minimum Gasteiger partial charge on any atom is -0.491 e. The zero-order valence-electron chi connectivity index (χ0n) is 15.8. The minimum atomic E-state index is -0.562. The van der Waals surface area contributed by atoms with Gasteiger partial charge >= 0.3 is 0 Å². The van der Waals surface area contributed by atoms with Crippen molar-refractivity contribution >= 4 is 0 Å². The fraction of sp³-hybridized carbons (Fsp3) is 0.429. The van der Waals surface area contributed by atoms with Gasteiger partial charge in [-0.1, -0.05) is 29.8 Å². The molecule has 0 aromatic heterocycles. The molecule has 0 fully saturated rings. The Labute approximate surface area is 155 Å². The second-order valence-corrected chi connectivity index (χ2v) is 6.65. The first-order valence-electron chi connectivity index (χ1n) is 8.87. The lowest BCUT2D eigenvalue weighted by molar-refractivity contribution is 0.0741. The molecule has 0 spiro atoms. The Bertz CT molecular complexity index is 672. The van der Waals surface area contributed by atoms with Crippen LogP contribution in [0.5, 0.6) is 11.5 Å². The molecule has 0 saturated carbocycles. The van der Waals surface area contributed by atoms with Crippen LogP contribution in [0.1, 0.15) is 16.7 Å². The van der Waals surface area contributed by atoms with Crippen LogP contribution in [0.2, 0.25) is 0 Å². The first-order valence-corrected chi connectivity index (χ1v) is 8.87. The number of nitrogens with zero attached hydrogens (tertiary/aromatic N) is 1. The first kappa shape index (κ1) is 20.2. The molecule has 0 aliphatic carbocycles. The van der Waals surface area contributed by atoms with Gasteiger partial charge in [-0.3, -0.25) is 4.90 Å². The summed E-state index contributed by atoms with van der Waals surface area (Å²) in [6.07, 6.45) is -0.562. The van der Waals surface area contributed by atoms with Gasteiger partial charge in [-0.25, -0.2) is 0 Å². The summed E-state index contributed by atoms with van der Waals surface area (Å²) in [6, 6.07) is 13.8. The van der Waals surface area contributed by atoms with E-state index in [1.807, 2.05) is 57.3 Å². The predicted octanol–water partition coefficient (Wildman–Crippen LogP) is 2.55. The highest BCUT2D eigenvalue weighted by atomic mass is 16.5. The van der Waals surface area contributed by atoms with Crippen molar-refractivity contribution in [3.05, 3.63) is 59.2 Å². The van der Waals surface area contributed by atoms with Gasteiger partial charge in [-0.15, -0.1) is 0 Å². The van der Waals surface area contributed by atoms with Crippen molar-refractivity contribution in [2.75, 3.05) is 33.4 Å². The van der Waals surface area contributed by atoms with E-state index in [9.17, 15) is 5.11 Å². The van der Waals surface area contributed by atoms with Gasteiger partial charge in [0.05, 0.1) is 6.61 Å². The summed E-state index contributed by atoms with van der Waals surface area (Å²) in [5.41, 5.74) is 3.41. The van der Waals surface area contributed by atoms with Crippen LogP contribution in [0, 0.1) is 13.8 Å². The topological polar surface area (TPSA) is 62.2 Å². The molecule has 26 heavy (non-hydrogen) atoms. The van der Waals surface area contributed by atoms with Crippen molar-refractivity contribution in [3.63, 3.8) is 0 Å². The highest BCUT2D eigenvalue weighted by Crippen LogP contribution is 2.19. The van der Waals surface area contributed by atoms with Gasteiger partial charge in [-0.2, -0.15) is 0 Å². The molecule has 0 amide bonds. The Morgan fingerprint density at radius 2 is 1.77 bits per heavy atom. The maximum Gasteiger partial charge on any atom is 0.122 e. The maximum atomic E-state index is 10.2. The normalized spacial score (nSPS) is 12.2. The molecular formula is C21H29NO4. The maximum absolute atomic E-state index is 10.2. The van der Waals surface area contributed by atoms with Crippen LogP contribution in [-0.2, 0) is 6.54 Å². The second kappa shape index (κ2) is 10.2. The van der Waals surface area contributed by atoms with E-state index in [0.29, 0.717) is 13.2 Å². The molecule has 0 aliphatic rings. The number of aryl methyl sites for hydroxylation is 2. The van der Waals surface area contributed by atoms with Crippen LogP contribution in [0.15, 0.2) is 42.5 Å². The average Bonchev–Trinajstić information content (AvgIpc) is 2.60. The van der Waals surface area contributed by atoms with Crippen LogP contribution in [0.25, 0.3) is 0 Å². The summed E-state index contributed by atoms with van der Waals surface area (Å²) >= 11 is 0. The summed E-state index contributed by atoms with van der Waals surface area (Å²) in [4.78, 5) is 2.06. The van der Waals surface area contributed by atoms with Gasteiger partial charge in [0.15, 0.2) is 0 Å². The number of hydrogen-bond acceptors (Lipinski definition) is 5. The summed E-state index contributed by atoms with van der Waals surface area (Å²) in [5.74, 6) is 1.56. The number of ether oxygens (including phenoxy) is 2. The fourth-order valence-electron chi connectivity index (χ4n) is 2.79. The number of likely N-dealkylation sites (N-methyl/N-ethyl adjacent to an activating group) is 1. The van der Waals surface area contributed by atoms with Crippen LogP contribution >= 0.6 is 0 Å². The Kier molecular flexibility index (Phi) is 7.91. The van der Waals surface area contributed by atoms with Crippen LogP contribution in [0.4, 0.5) is 0 Å². The Hall–Kier alpha value is -2.08. The largest absolute Gasteiger partial charge is 0.491 e. The quantitative estimate of drug-likeness (QED) is 0.683. The fourth-order valence-corrected chi connectivity index (χ4v) is 2.79. The third kappa shape index (κ3) is 6.67. The zero-order valence-corrected chi connectivity index (χ0v) is 15.8. The standard InChI is InChI=1S/C21H29NO4/c1-16-4-9-21(17(2)12-16)26-15-19(24)14-22(3)13-18-5-7-20(8-6-18)25-11-10-23/h4-9,12,19,23-24H,10-11,13-15H2,1-3H3. The van der Waals surface area contributed by atoms with Crippen LogP contribution in [0.3, 0.4) is 0 Å². The molecule has 2 rings (SSSR count). The van der Waals surface area contributed by atoms with Gasteiger partial charge in [-0.05, 0) is 50.2 Å². The van der Waals surface area contributed by atoms with Crippen molar-refractivity contribution < 1.29 is 19.7 Å². The third-order valence-corrected chi connectivity index (χ3v) is 4.02. The zero-order chi connectivity index (χ0) is 18.9. The van der Waals surface area contributed by atoms with E-state index in [4.69, 9.17) is 14.6 Å². The molecule has 5 heteroatoms. The molecule has 5 nitrogen and oxygen atoms in total. The van der Waals surface area contributed by atoms with Gasteiger partial charge < -0.3 is 19.7 Å². The van der Waals surface area contributed by atoms with E-state index in [1.165, 1.54) is 5.56 Å². The van der Waals surface area contributed by atoms with Crippen molar-refractivity contribution in [1.82, 2.24) is 4.90 Å². The number of hydrogen-bond donors (Lipinski definition) is 2. The van der Waals surface area contributed by atoms with E-state index >= 15 is 0 Å². The van der Waals surface area contributed by atoms with Gasteiger partial charge in [0.25, 0.3) is 0 Å². The summed E-state index contributed by atoms with van der Waals surface area (Å²) in [7, 11) is 1.97. The Morgan fingerprint density at radius 1 is 1.04 bits per heavy atom.